The third-order valence-corrected chi connectivity index (χ3v) is 3.50. The summed E-state index contributed by atoms with van der Waals surface area (Å²) in [7, 11) is 1.53. The Morgan fingerprint density at radius 3 is 2.86 bits per heavy atom. The number of ether oxygens (including phenoxy) is 1. The van der Waals surface area contributed by atoms with Crippen molar-refractivity contribution in [3.8, 4) is 5.75 Å². The molecular formula is C15H18N2O5. The van der Waals surface area contributed by atoms with E-state index in [1.807, 2.05) is 0 Å². The lowest BCUT2D eigenvalue weighted by atomic mass is 10.0. The van der Waals surface area contributed by atoms with Gasteiger partial charge in [0.25, 0.3) is 0 Å². The minimum Gasteiger partial charge on any atom is -0.497 e. The Kier molecular flexibility index (Phi) is 4.98. The van der Waals surface area contributed by atoms with Crippen molar-refractivity contribution < 1.29 is 24.2 Å². The fourth-order valence-corrected chi connectivity index (χ4v) is 2.32. The van der Waals surface area contributed by atoms with Crippen LogP contribution in [0.3, 0.4) is 0 Å². The van der Waals surface area contributed by atoms with E-state index in [1.165, 1.54) is 7.11 Å². The fraction of sp³-hybridized carbons (Fsp3) is 0.400. The molecule has 0 unspecified atom stereocenters. The standard InChI is InChI=1S/C15H18N2O5/c1-22-10-4-2-3-9(7-10)8-12(15(20)21)17-14(19)11-5-6-13(18)16-11/h2-4,7,11-12H,5-6,8H2,1H3,(H,16,18)(H,17,19)(H,20,21)/t11-,12+/m0/s1. The van der Waals surface area contributed by atoms with Crippen molar-refractivity contribution in [1.29, 1.82) is 0 Å². The van der Waals surface area contributed by atoms with Gasteiger partial charge in [-0.15, -0.1) is 0 Å². The normalized spacial score (nSPS) is 18.4. The summed E-state index contributed by atoms with van der Waals surface area (Å²) in [4.78, 5) is 34.5. The van der Waals surface area contributed by atoms with Crippen LogP contribution in [0.1, 0.15) is 18.4 Å². The van der Waals surface area contributed by atoms with E-state index >= 15 is 0 Å². The first-order valence-electron chi connectivity index (χ1n) is 6.95. The van der Waals surface area contributed by atoms with Gasteiger partial charge in [-0.2, -0.15) is 0 Å². The predicted molar refractivity (Wildman–Crippen MR) is 77.4 cm³/mol. The summed E-state index contributed by atoms with van der Waals surface area (Å²) >= 11 is 0. The van der Waals surface area contributed by atoms with Crippen molar-refractivity contribution in [2.45, 2.75) is 31.3 Å². The van der Waals surface area contributed by atoms with E-state index in [9.17, 15) is 19.5 Å². The van der Waals surface area contributed by atoms with Crippen molar-refractivity contribution in [2.75, 3.05) is 7.11 Å². The van der Waals surface area contributed by atoms with E-state index in [2.05, 4.69) is 10.6 Å². The van der Waals surface area contributed by atoms with Gasteiger partial charge in [-0.3, -0.25) is 9.59 Å². The van der Waals surface area contributed by atoms with Gasteiger partial charge in [-0.1, -0.05) is 12.1 Å². The highest BCUT2D eigenvalue weighted by atomic mass is 16.5. The van der Waals surface area contributed by atoms with E-state index in [-0.39, 0.29) is 18.7 Å². The molecule has 2 amide bonds. The number of rotatable bonds is 6. The Bertz CT molecular complexity index is 587. The molecule has 7 heteroatoms. The molecule has 2 atom stereocenters. The maximum Gasteiger partial charge on any atom is 0.326 e. The van der Waals surface area contributed by atoms with Crippen LogP contribution in [0, 0.1) is 0 Å². The van der Waals surface area contributed by atoms with Gasteiger partial charge in [-0.25, -0.2) is 4.79 Å². The van der Waals surface area contributed by atoms with Gasteiger partial charge in [0, 0.05) is 12.8 Å². The Morgan fingerprint density at radius 1 is 1.50 bits per heavy atom. The molecule has 1 aromatic carbocycles. The lowest BCUT2D eigenvalue weighted by Gasteiger charge is -2.17. The summed E-state index contributed by atoms with van der Waals surface area (Å²) in [6.07, 6.45) is 0.806. The molecule has 0 bridgehead atoms. The number of carboxylic acid groups (broad SMARTS) is 1. The second-order valence-corrected chi connectivity index (χ2v) is 5.11. The molecule has 0 spiro atoms. The molecule has 22 heavy (non-hydrogen) atoms. The number of amides is 2. The number of hydrogen-bond donors (Lipinski definition) is 3. The molecule has 1 aliphatic heterocycles. The lowest BCUT2D eigenvalue weighted by Crippen LogP contribution is -2.49. The fourth-order valence-electron chi connectivity index (χ4n) is 2.32. The van der Waals surface area contributed by atoms with Gasteiger partial charge in [0.1, 0.15) is 17.8 Å². The number of carbonyl (C=O) groups is 3. The van der Waals surface area contributed by atoms with E-state index in [0.717, 1.165) is 5.56 Å². The smallest absolute Gasteiger partial charge is 0.326 e. The van der Waals surface area contributed by atoms with Gasteiger partial charge in [0.05, 0.1) is 7.11 Å². The molecule has 1 saturated heterocycles. The van der Waals surface area contributed by atoms with Crippen molar-refractivity contribution in [3.63, 3.8) is 0 Å². The summed E-state index contributed by atoms with van der Waals surface area (Å²) < 4.78 is 5.09. The summed E-state index contributed by atoms with van der Waals surface area (Å²) in [5.41, 5.74) is 0.738. The van der Waals surface area contributed by atoms with Crippen LogP contribution in [0.4, 0.5) is 0 Å². The second-order valence-electron chi connectivity index (χ2n) is 5.11. The van der Waals surface area contributed by atoms with Crippen LogP contribution in [-0.2, 0) is 20.8 Å². The number of nitrogens with one attached hydrogen (secondary N) is 2. The lowest BCUT2D eigenvalue weighted by molar-refractivity contribution is -0.142. The topological polar surface area (TPSA) is 105 Å². The van der Waals surface area contributed by atoms with E-state index < -0.39 is 24.0 Å². The molecule has 1 heterocycles. The van der Waals surface area contributed by atoms with Gasteiger partial charge >= 0.3 is 5.97 Å². The van der Waals surface area contributed by atoms with Crippen LogP contribution in [0.5, 0.6) is 5.75 Å². The molecule has 0 aromatic heterocycles. The van der Waals surface area contributed by atoms with Crippen LogP contribution < -0.4 is 15.4 Å². The quantitative estimate of drug-likeness (QED) is 0.690. The molecule has 1 fully saturated rings. The average molecular weight is 306 g/mol. The third kappa shape index (κ3) is 3.97. The Hall–Kier alpha value is -2.57. The zero-order valence-electron chi connectivity index (χ0n) is 12.2. The second kappa shape index (κ2) is 6.93. The molecular weight excluding hydrogens is 288 g/mol. The molecule has 0 radical (unpaired) electrons. The zero-order valence-corrected chi connectivity index (χ0v) is 12.2. The number of carbonyl (C=O) groups excluding carboxylic acids is 2. The van der Waals surface area contributed by atoms with Gasteiger partial charge in [0.2, 0.25) is 11.8 Å². The highest BCUT2D eigenvalue weighted by Crippen LogP contribution is 2.14. The Labute approximate surface area is 127 Å². The zero-order chi connectivity index (χ0) is 16.1. The van der Waals surface area contributed by atoms with Crippen molar-refractivity contribution in [2.24, 2.45) is 0 Å². The predicted octanol–water partition coefficient (Wildman–Crippen LogP) is 0.0857. The van der Waals surface area contributed by atoms with Crippen molar-refractivity contribution >= 4 is 17.8 Å². The summed E-state index contributed by atoms with van der Waals surface area (Å²) in [5, 5.41) is 14.3. The number of carboxylic acids is 1. The number of hydrogen-bond acceptors (Lipinski definition) is 4. The van der Waals surface area contributed by atoms with Crippen molar-refractivity contribution in [3.05, 3.63) is 29.8 Å². The van der Waals surface area contributed by atoms with Gasteiger partial charge in [-0.05, 0) is 24.1 Å². The average Bonchev–Trinajstić information content (AvgIpc) is 2.93. The molecule has 3 N–H and O–H groups in total. The monoisotopic (exact) mass is 306 g/mol. The van der Waals surface area contributed by atoms with E-state index in [0.29, 0.717) is 12.2 Å². The molecule has 0 aliphatic carbocycles. The molecule has 7 nitrogen and oxygen atoms in total. The SMILES string of the molecule is COc1cccc(C[C@@H](NC(=O)[C@@H]2CCC(=O)N2)C(=O)O)c1. The maximum absolute atomic E-state index is 12.0. The minimum atomic E-state index is -1.12. The molecule has 1 aliphatic rings. The highest BCUT2D eigenvalue weighted by molar-refractivity contribution is 5.92. The van der Waals surface area contributed by atoms with Crippen LogP contribution >= 0.6 is 0 Å². The Morgan fingerprint density at radius 2 is 2.27 bits per heavy atom. The van der Waals surface area contributed by atoms with Crippen LogP contribution in [0.2, 0.25) is 0 Å². The van der Waals surface area contributed by atoms with Gasteiger partial charge in [0.15, 0.2) is 0 Å². The summed E-state index contributed by atoms with van der Waals surface area (Å²) in [5.74, 6) is -1.17. The largest absolute Gasteiger partial charge is 0.497 e. The Balaban J connectivity index is 2.01. The van der Waals surface area contributed by atoms with Crippen LogP contribution in [-0.4, -0.2) is 42.1 Å². The van der Waals surface area contributed by atoms with E-state index in [4.69, 9.17) is 4.74 Å². The van der Waals surface area contributed by atoms with E-state index in [1.54, 1.807) is 24.3 Å². The first-order chi connectivity index (χ1) is 10.5. The van der Waals surface area contributed by atoms with Gasteiger partial charge < -0.3 is 20.5 Å². The van der Waals surface area contributed by atoms with Crippen LogP contribution in [0.15, 0.2) is 24.3 Å². The number of aliphatic carboxylic acids is 1. The summed E-state index contributed by atoms with van der Waals surface area (Å²) in [6, 6.07) is 5.29. The first-order valence-corrected chi connectivity index (χ1v) is 6.95. The number of methoxy groups -OCH3 is 1. The minimum absolute atomic E-state index is 0.138. The highest BCUT2D eigenvalue weighted by Gasteiger charge is 2.30. The molecule has 0 saturated carbocycles. The maximum atomic E-state index is 12.0. The van der Waals surface area contributed by atoms with Crippen molar-refractivity contribution in [1.82, 2.24) is 10.6 Å². The van der Waals surface area contributed by atoms with Crippen LogP contribution in [0.25, 0.3) is 0 Å². The number of benzene rings is 1. The molecule has 118 valence electrons. The third-order valence-electron chi connectivity index (χ3n) is 3.50. The molecule has 1 aromatic rings. The molecule has 2 rings (SSSR count). The summed E-state index contributed by atoms with van der Waals surface area (Å²) in [6.45, 7) is 0. The first kappa shape index (κ1) is 15.8.